The van der Waals surface area contributed by atoms with Crippen molar-refractivity contribution in [2.45, 2.75) is 76.4 Å². The van der Waals surface area contributed by atoms with Crippen molar-refractivity contribution < 1.29 is 33.6 Å². The molecule has 39 heavy (non-hydrogen) atoms. The number of nitrogens with zero attached hydrogens (tertiary/aromatic N) is 1. The second-order valence-electron chi connectivity index (χ2n) is 11.0. The largest absolute Gasteiger partial charge is 0.493 e. The molecule has 0 fully saturated rings. The molecule has 2 N–H and O–H groups in total. The Morgan fingerprint density at radius 1 is 1.21 bits per heavy atom. The first kappa shape index (κ1) is 26.9. The number of hydrogen-bond acceptors (Lipinski definition) is 6. The van der Waals surface area contributed by atoms with Crippen molar-refractivity contribution in [3.63, 3.8) is 0 Å². The van der Waals surface area contributed by atoms with Crippen molar-refractivity contribution in [2.24, 2.45) is 0 Å². The molecule has 7 nitrogen and oxygen atoms in total. The zero-order valence-corrected chi connectivity index (χ0v) is 22.3. The lowest BCUT2D eigenvalue weighted by molar-refractivity contribution is -0.137. The molecular formula is C31H34FNO6. The molecule has 0 amide bonds. The van der Waals surface area contributed by atoms with Gasteiger partial charge in [0.05, 0.1) is 12.2 Å². The van der Waals surface area contributed by atoms with Gasteiger partial charge in [-0.05, 0) is 76.1 Å². The number of ether oxygens (including phenoxy) is 3. The molecule has 1 aliphatic heterocycles. The highest BCUT2D eigenvalue weighted by Crippen LogP contribution is 2.44. The maximum Gasteiger partial charge on any atom is 0.303 e. The van der Waals surface area contributed by atoms with E-state index < -0.39 is 17.7 Å². The van der Waals surface area contributed by atoms with Crippen LogP contribution in [0.3, 0.4) is 0 Å². The highest BCUT2D eigenvalue weighted by Gasteiger charge is 2.32. The SMILES string of the molecule is CC(C)(O)CCCc1ccc(Oc2ccc(F)c3c2CC[C@H]3Oc2ccc3c(c2)OC[C@H]3CCC(=O)O)nc1. The van der Waals surface area contributed by atoms with E-state index in [4.69, 9.17) is 19.3 Å². The summed E-state index contributed by atoms with van der Waals surface area (Å²) >= 11 is 0. The van der Waals surface area contributed by atoms with Crippen LogP contribution in [0.2, 0.25) is 0 Å². The summed E-state index contributed by atoms with van der Waals surface area (Å²) in [5.74, 6) is 1.17. The summed E-state index contributed by atoms with van der Waals surface area (Å²) < 4.78 is 33.1. The van der Waals surface area contributed by atoms with Crippen molar-refractivity contribution in [2.75, 3.05) is 6.61 Å². The highest BCUT2D eigenvalue weighted by molar-refractivity contribution is 5.66. The monoisotopic (exact) mass is 535 g/mol. The number of rotatable bonds is 11. The summed E-state index contributed by atoms with van der Waals surface area (Å²) in [5.41, 5.74) is 2.64. The van der Waals surface area contributed by atoms with E-state index in [1.165, 1.54) is 6.07 Å². The third kappa shape index (κ3) is 6.50. The van der Waals surface area contributed by atoms with Crippen molar-refractivity contribution in [3.05, 3.63) is 76.7 Å². The molecule has 1 aromatic heterocycles. The van der Waals surface area contributed by atoms with Crippen LogP contribution in [0.25, 0.3) is 0 Å². The molecule has 2 heterocycles. The lowest BCUT2D eigenvalue weighted by Crippen LogP contribution is -2.18. The van der Waals surface area contributed by atoms with E-state index in [9.17, 15) is 14.3 Å². The third-order valence-electron chi connectivity index (χ3n) is 7.36. The number of fused-ring (bicyclic) bond motifs is 2. The van der Waals surface area contributed by atoms with Gasteiger partial charge in [0.25, 0.3) is 0 Å². The van der Waals surface area contributed by atoms with Gasteiger partial charge in [-0.2, -0.15) is 0 Å². The van der Waals surface area contributed by atoms with Gasteiger partial charge in [0.1, 0.15) is 29.2 Å². The number of carbonyl (C=O) groups is 1. The standard InChI is InChI=1S/C31H34FNO6/c1-31(2,36)15-3-4-19-5-13-28(33-17-19)39-25-12-10-24(32)30-23(25)9-11-26(30)38-21-7-8-22-20(6-14-29(34)35)18-37-27(22)16-21/h5,7-8,10,12-13,16-17,20,26,36H,3-4,6,9,11,14-15,18H2,1-2H3,(H,34,35)/t20-,26-/m1/s1. The fourth-order valence-electron chi connectivity index (χ4n) is 5.34. The first-order valence-corrected chi connectivity index (χ1v) is 13.5. The maximum atomic E-state index is 15.0. The Bertz CT molecular complexity index is 1330. The van der Waals surface area contributed by atoms with E-state index in [0.717, 1.165) is 29.5 Å². The van der Waals surface area contributed by atoms with Gasteiger partial charge in [-0.15, -0.1) is 0 Å². The third-order valence-corrected chi connectivity index (χ3v) is 7.36. The van der Waals surface area contributed by atoms with E-state index in [0.29, 0.717) is 61.0 Å². The van der Waals surface area contributed by atoms with Crippen LogP contribution in [0, 0.1) is 5.82 Å². The molecule has 2 aromatic carbocycles. The summed E-state index contributed by atoms with van der Waals surface area (Å²) in [4.78, 5) is 15.4. The van der Waals surface area contributed by atoms with E-state index in [2.05, 4.69) is 4.98 Å². The van der Waals surface area contributed by atoms with Gasteiger partial charge in [-0.1, -0.05) is 12.1 Å². The molecule has 0 bridgehead atoms. The Balaban J connectivity index is 1.25. The summed E-state index contributed by atoms with van der Waals surface area (Å²) in [7, 11) is 0. The van der Waals surface area contributed by atoms with Crippen molar-refractivity contribution in [1.82, 2.24) is 4.98 Å². The fourth-order valence-corrected chi connectivity index (χ4v) is 5.34. The first-order valence-electron chi connectivity index (χ1n) is 13.5. The molecular weight excluding hydrogens is 501 g/mol. The number of hydrogen-bond donors (Lipinski definition) is 2. The normalized spacial score (nSPS) is 17.8. The van der Waals surface area contributed by atoms with Gasteiger partial charge in [0.15, 0.2) is 0 Å². The van der Waals surface area contributed by atoms with Crippen LogP contribution in [0.1, 0.15) is 80.2 Å². The van der Waals surface area contributed by atoms with Crippen LogP contribution < -0.4 is 14.2 Å². The Morgan fingerprint density at radius 3 is 2.79 bits per heavy atom. The summed E-state index contributed by atoms with van der Waals surface area (Å²) in [6, 6.07) is 12.4. The van der Waals surface area contributed by atoms with Gasteiger partial charge >= 0.3 is 5.97 Å². The number of carboxylic acid groups (broad SMARTS) is 1. The van der Waals surface area contributed by atoms with Crippen LogP contribution in [0.15, 0.2) is 48.7 Å². The number of aliphatic carboxylic acids is 1. The number of aliphatic hydroxyl groups is 1. The summed E-state index contributed by atoms with van der Waals surface area (Å²) in [6.07, 6.45) is 5.54. The minimum atomic E-state index is -0.820. The van der Waals surface area contributed by atoms with E-state index in [1.807, 2.05) is 24.3 Å². The molecule has 3 aromatic rings. The minimum absolute atomic E-state index is 0.0462. The molecule has 2 aliphatic rings. The van der Waals surface area contributed by atoms with Crippen molar-refractivity contribution in [1.29, 1.82) is 0 Å². The molecule has 0 saturated heterocycles. The zero-order valence-electron chi connectivity index (χ0n) is 22.3. The van der Waals surface area contributed by atoms with E-state index in [-0.39, 0.29) is 18.2 Å². The molecule has 0 spiro atoms. The number of benzene rings is 2. The molecule has 2 atom stereocenters. The van der Waals surface area contributed by atoms with Crippen LogP contribution >= 0.6 is 0 Å². The Hall–Kier alpha value is -3.65. The van der Waals surface area contributed by atoms with Crippen LogP contribution in [0.4, 0.5) is 4.39 Å². The average Bonchev–Trinajstić information content (AvgIpc) is 3.49. The van der Waals surface area contributed by atoms with Gasteiger partial charge in [-0.25, -0.2) is 9.37 Å². The van der Waals surface area contributed by atoms with Gasteiger partial charge in [0.2, 0.25) is 5.88 Å². The zero-order chi connectivity index (χ0) is 27.6. The molecule has 0 unspecified atom stereocenters. The minimum Gasteiger partial charge on any atom is -0.493 e. The molecule has 8 heteroatoms. The number of aromatic nitrogens is 1. The molecule has 206 valence electrons. The van der Waals surface area contributed by atoms with Gasteiger partial charge in [-0.3, -0.25) is 4.79 Å². The quantitative estimate of drug-likeness (QED) is 0.289. The van der Waals surface area contributed by atoms with Crippen molar-refractivity contribution >= 4 is 5.97 Å². The average molecular weight is 536 g/mol. The van der Waals surface area contributed by atoms with Crippen LogP contribution in [-0.2, 0) is 17.6 Å². The van der Waals surface area contributed by atoms with Crippen LogP contribution in [0.5, 0.6) is 23.1 Å². The van der Waals surface area contributed by atoms with Crippen LogP contribution in [-0.4, -0.2) is 33.4 Å². The Kier molecular flexibility index (Phi) is 7.75. The fraction of sp³-hybridized carbons (Fsp3) is 0.419. The van der Waals surface area contributed by atoms with E-state index >= 15 is 0 Å². The molecule has 0 radical (unpaired) electrons. The highest BCUT2D eigenvalue weighted by atomic mass is 19.1. The smallest absolute Gasteiger partial charge is 0.303 e. The second kappa shape index (κ2) is 11.2. The van der Waals surface area contributed by atoms with Gasteiger partial charge in [0, 0.05) is 47.4 Å². The van der Waals surface area contributed by atoms with Crippen molar-refractivity contribution in [3.8, 4) is 23.1 Å². The number of aryl methyl sites for hydroxylation is 1. The topological polar surface area (TPSA) is 98.1 Å². The van der Waals surface area contributed by atoms with Gasteiger partial charge < -0.3 is 24.4 Å². The number of pyridine rings is 1. The molecule has 5 rings (SSSR count). The number of halogens is 1. The first-order chi connectivity index (χ1) is 18.7. The van der Waals surface area contributed by atoms with E-state index in [1.54, 1.807) is 32.2 Å². The Labute approximate surface area is 227 Å². The lowest BCUT2D eigenvalue weighted by atomic mass is 9.96. The predicted octanol–water partition coefficient (Wildman–Crippen LogP) is 6.51. The maximum absolute atomic E-state index is 15.0. The molecule has 0 saturated carbocycles. The Morgan fingerprint density at radius 2 is 2.05 bits per heavy atom. The molecule has 1 aliphatic carbocycles. The summed E-state index contributed by atoms with van der Waals surface area (Å²) in [6.45, 7) is 4.06. The summed E-state index contributed by atoms with van der Waals surface area (Å²) in [5, 5.41) is 18.9. The number of carboxylic acids is 1. The second-order valence-corrected chi connectivity index (χ2v) is 11.0. The predicted molar refractivity (Wildman–Crippen MR) is 143 cm³/mol. The lowest BCUT2D eigenvalue weighted by Gasteiger charge is -2.17.